The van der Waals surface area contributed by atoms with Crippen molar-refractivity contribution in [3.05, 3.63) is 35.4 Å². The highest BCUT2D eigenvalue weighted by Gasteiger charge is 2.95. The standard InChI is InChI=1S/C22H21F17O/c1-5-11(2)12-6-8-13(9-7-12)14(3,40-4)10-15(23,24)16(25,26)17(27,28)18(29,30)19(31,32)20(33,34)21(35,36)22(37,38)39/h6-9,11H,5,10H2,1-4H3. The van der Waals surface area contributed by atoms with Crippen LogP contribution < -0.4 is 0 Å². The molecule has 1 rings (SSSR count). The van der Waals surface area contributed by atoms with Gasteiger partial charge in [-0.15, -0.1) is 0 Å². The molecule has 0 aliphatic heterocycles. The molecule has 1 nitrogen and oxygen atoms in total. The highest BCUT2D eigenvalue weighted by Crippen LogP contribution is 2.64. The van der Waals surface area contributed by atoms with Crippen LogP contribution in [-0.4, -0.2) is 54.7 Å². The highest BCUT2D eigenvalue weighted by molar-refractivity contribution is 5.29. The molecule has 18 heteroatoms. The van der Waals surface area contributed by atoms with Crippen molar-refractivity contribution >= 4 is 0 Å². The maximum atomic E-state index is 14.6. The number of halogens is 17. The summed E-state index contributed by atoms with van der Waals surface area (Å²) >= 11 is 0. The summed E-state index contributed by atoms with van der Waals surface area (Å²) in [6, 6.07) is 4.51. The van der Waals surface area contributed by atoms with Crippen molar-refractivity contribution in [3.63, 3.8) is 0 Å². The minimum atomic E-state index is -8.65. The average molecular weight is 624 g/mol. The van der Waals surface area contributed by atoms with E-state index in [1.807, 2.05) is 0 Å². The molecule has 0 radical (unpaired) electrons. The smallest absolute Gasteiger partial charge is 0.374 e. The Morgan fingerprint density at radius 3 is 1.27 bits per heavy atom. The molecule has 0 aliphatic rings. The number of hydrogen-bond acceptors (Lipinski definition) is 1. The van der Waals surface area contributed by atoms with Crippen LogP contribution in [0, 0.1) is 0 Å². The third-order valence-corrected chi connectivity index (χ3v) is 6.50. The van der Waals surface area contributed by atoms with Gasteiger partial charge in [0.15, 0.2) is 0 Å². The highest BCUT2D eigenvalue weighted by atomic mass is 19.4. The quantitative estimate of drug-likeness (QED) is 0.211. The molecule has 0 fully saturated rings. The topological polar surface area (TPSA) is 9.23 Å². The lowest BCUT2D eigenvalue weighted by molar-refractivity contribution is -0.462. The molecule has 0 aliphatic carbocycles. The summed E-state index contributed by atoms with van der Waals surface area (Å²) in [6.45, 7) is 4.02. The van der Waals surface area contributed by atoms with Crippen LogP contribution in [0.1, 0.15) is 50.7 Å². The molecule has 1 aromatic rings. The Labute approximate surface area is 215 Å². The number of ether oxygens (including phenoxy) is 1. The molecule has 0 saturated heterocycles. The largest absolute Gasteiger partial charge is 0.460 e. The third-order valence-electron chi connectivity index (χ3n) is 6.50. The Balaban J connectivity index is 3.62. The van der Waals surface area contributed by atoms with Crippen molar-refractivity contribution in [2.45, 2.75) is 92.8 Å². The predicted molar refractivity (Wildman–Crippen MR) is 105 cm³/mol. The zero-order valence-corrected chi connectivity index (χ0v) is 20.6. The molecular formula is C22H21F17O. The fourth-order valence-corrected chi connectivity index (χ4v) is 3.42. The van der Waals surface area contributed by atoms with Crippen LogP contribution in [0.2, 0.25) is 0 Å². The molecule has 0 bridgehead atoms. The second-order valence-electron chi connectivity index (χ2n) is 9.19. The first-order chi connectivity index (χ1) is 17.5. The fraction of sp³-hybridized carbons (Fsp3) is 0.727. The van der Waals surface area contributed by atoms with Crippen LogP contribution in [0.15, 0.2) is 24.3 Å². The zero-order valence-electron chi connectivity index (χ0n) is 20.6. The van der Waals surface area contributed by atoms with E-state index in [9.17, 15) is 74.6 Å². The van der Waals surface area contributed by atoms with Crippen molar-refractivity contribution in [3.8, 4) is 0 Å². The van der Waals surface area contributed by atoms with Gasteiger partial charge in [0.05, 0.1) is 12.0 Å². The molecule has 0 N–H and O–H groups in total. The summed E-state index contributed by atoms with van der Waals surface area (Å²) in [4.78, 5) is 0. The van der Waals surface area contributed by atoms with E-state index in [0.717, 1.165) is 12.1 Å². The Morgan fingerprint density at radius 1 is 0.600 bits per heavy atom. The van der Waals surface area contributed by atoms with Crippen molar-refractivity contribution < 1.29 is 79.4 Å². The lowest BCUT2D eigenvalue weighted by Gasteiger charge is -2.44. The van der Waals surface area contributed by atoms with E-state index in [0.29, 0.717) is 26.0 Å². The van der Waals surface area contributed by atoms with Gasteiger partial charge in [0.25, 0.3) is 0 Å². The van der Waals surface area contributed by atoms with E-state index in [2.05, 4.69) is 4.74 Å². The van der Waals surface area contributed by atoms with E-state index in [1.54, 1.807) is 13.8 Å². The molecule has 0 saturated carbocycles. The molecule has 2 atom stereocenters. The van der Waals surface area contributed by atoms with Crippen LogP contribution >= 0.6 is 0 Å². The van der Waals surface area contributed by atoms with Gasteiger partial charge in [-0.25, -0.2) is 0 Å². The van der Waals surface area contributed by atoms with Gasteiger partial charge >= 0.3 is 47.6 Å². The fourth-order valence-electron chi connectivity index (χ4n) is 3.42. The second kappa shape index (κ2) is 10.4. The summed E-state index contributed by atoms with van der Waals surface area (Å²) in [5, 5.41) is 0. The summed E-state index contributed by atoms with van der Waals surface area (Å²) in [7, 11) is 0.567. The molecule has 1 aromatic carbocycles. The van der Waals surface area contributed by atoms with Crippen molar-refractivity contribution in [1.82, 2.24) is 0 Å². The number of hydrogen-bond donors (Lipinski definition) is 0. The predicted octanol–water partition coefficient (Wildman–Crippen LogP) is 9.46. The Bertz CT molecular complexity index is 1010. The first kappa shape index (κ1) is 36.0. The van der Waals surface area contributed by atoms with Gasteiger partial charge in [-0.3, -0.25) is 0 Å². The maximum Gasteiger partial charge on any atom is 0.460 e. The zero-order chi connectivity index (χ0) is 32.2. The van der Waals surface area contributed by atoms with Gasteiger partial charge in [-0.2, -0.15) is 74.6 Å². The number of benzene rings is 1. The summed E-state index contributed by atoms with van der Waals surface area (Å²) in [5.41, 5.74) is -2.68. The Hall–Kier alpha value is -2.01. The summed E-state index contributed by atoms with van der Waals surface area (Å²) in [5.74, 6) is -56.8. The van der Waals surface area contributed by atoms with E-state index < -0.39 is 65.2 Å². The molecular weight excluding hydrogens is 603 g/mol. The summed E-state index contributed by atoms with van der Waals surface area (Å²) < 4.78 is 235. The van der Waals surface area contributed by atoms with Crippen LogP contribution in [0.5, 0.6) is 0 Å². The molecule has 0 spiro atoms. The minimum absolute atomic E-state index is 0.126. The first-order valence-electron chi connectivity index (χ1n) is 10.8. The molecule has 0 aromatic heterocycles. The van der Waals surface area contributed by atoms with Gasteiger partial charge in [0, 0.05) is 7.11 Å². The first-order valence-corrected chi connectivity index (χ1v) is 10.8. The Morgan fingerprint density at radius 2 is 0.950 bits per heavy atom. The lowest BCUT2D eigenvalue weighted by Crippen LogP contribution is -2.74. The maximum absolute atomic E-state index is 14.6. The van der Waals surface area contributed by atoms with Gasteiger partial charge in [-0.05, 0) is 30.4 Å². The molecule has 0 amide bonds. The number of rotatable bonds is 12. The van der Waals surface area contributed by atoms with Gasteiger partial charge in [-0.1, -0.05) is 38.1 Å². The van der Waals surface area contributed by atoms with Gasteiger partial charge < -0.3 is 4.74 Å². The van der Waals surface area contributed by atoms with E-state index in [4.69, 9.17) is 0 Å². The molecule has 2 unspecified atom stereocenters. The van der Waals surface area contributed by atoms with Gasteiger partial charge in [0.2, 0.25) is 0 Å². The minimum Gasteiger partial charge on any atom is -0.374 e. The molecule has 0 heterocycles. The third kappa shape index (κ3) is 5.21. The van der Waals surface area contributed by atoms with Crippen LogP contribution in [0.3, 0.4) is 0 Å². The lowest BCUT2D eigenvalue weighted by atomic mass is 9.82. The van der Waals surface area contributed by atoms with Crippen LogP contribution in [-0.2, 0) is 10.3 Å². The van der Waals surface area contributed by atoms with E-state index in [-0.39, 0.29) is 5.92 Å². The second-order valence-corrected chi connectivity index (χ2v) is 9.19. The van der Waals surface area contributed by atoms with Gasteiger partial charge in [0.1, 0.15) is 0 Å². The van der Waals surface area contributed by atoms with Crippen molar-refractivity contribution in [1.29, 1.82) is 0 Å². The van der Waals surface area contributed by atoms with Crippen LogP contribution in [0.4, 0.5) is 74.6 Å². The Kier molecular flexibility index (Phi) is 9.33. The van der Waals surface area contributed by atoms with E-state index >= 15 is 0 Å². The average Bonchev–Trinajstić information content (AvgIpc) is 2.81. The van der Waals surface area contributed by atoms with Crippen molar-refractivity contribution in [2.24, 2.45) is 0 Å². The van der Waals surface area contributed by atoms with Crippen molar-refractivity contribution in [2.75, 3.05) is 7.11 Å². The monoisotopic (exact) mass is 624 g/mol. The number of methoxy groups -OCH3 is 1. The molecule has 234 valence electrons. The van der Waals surface area contributed by atoms with E-state index in [1.165, 1.54) is 12.1 Å². The van der Waals surface area contributed by atoms with Crippen LogP contribution in [0.25, 0.3) is 0 Å². The normalized spacial score (nSPS) is 17.5. The number of alkyl halides is 17. The molecule has 40 heavy (non-hydrogen) atoms. The SMILES string of the molecule is CCC(C)c1ccc(C(C)(CC(F)(F)C(F)(F)C(F)(F)C(F)(F)C(F)(F)C(F)(F)C(F)(F)C(F)(F)F)OC)cc1. The summed E-state index contributed by atoms with van der Waals surface area (Å²) in [6.07, 6.45) is -9.94.